The van der Waals surface area contributed by atoms with E-state index in [0.29, 0.717) is 30.8 Å². The van der Waals surface area contributed by atoms with Crippen LogP contribution in [0.15, 0.2) is 29.1 Å². The Bertz CT molecular complexity index is 920. The molecule has 2 rings (SSSR count). The SMILES string of the molecule is COCCCn1c(C)cc(O)c(C(CC(=O)OC)c2ccc(OC)c(O)c2)c1=O. The predicted molar refractivity (Wildman–Crippen MR) is 107 cm³/mol. The van der Waals surface area contributed by atoms with E-state index in [-0.39, 0.29) is 29.2 Å². The molecule has 0 spiro atoms. The minimum Gasteiger partial charge on any atom is -0.507 e. The van der Waals surface area contributed by atoms with Gasteiger partial charge in [0.1, 0.15) is 5.75 Å². The van der Waals surface area contributed by atoms with Crippen molar-refractivity contribution in [3.8, 4) is 17.2 Å². The highest BCUT2D eigenvalue weighted by Gasteiger charge is 2.27. The molecule has 2 N–H and O–H groups in total. The number of carbonyl (C=O) groups is 1. The third-order valence-corrected chi connectivity index (χ3v) is 4.81. The summed E-state index contributed by atoms with van der Waals surface area (Å²) < 4.78 is 16.4. The van der Waals surface area contributed by atoms with Gasteiger partial charge in [-0.25, -0.2) is 0 Å². The third kappa shape index (κ3) is 5.08. The summed E-state index contributed by atoms with van der Waals surface area (Å²) in [5, 5.41) is 20.7. The Balaban J connectivity index is 2.61. The summed E-state index contributed by atoms with van der Waals surface area (Å²) in [6.45, 7) is 2.62. The number of pyridine rings is 1. The van der Waals surface area contributed by atoms with Crippen molar-refractivity contribution in [1.82, 2.24) is 4.57 Å². The molecule has 0 aliphatic rings. The number of aryl methyl sites for hydroxylation is 1. The van der Waals surface area contributed by atoms with Crippen LogP contribution in [0.25, 0.3) is 0 Å². The fraction of sp³-hybridized carbons (Fsp3) is 0.429. The van der Waals surface area contributed by atoms with E-state index in [1.165, 1.54) is 32.4 Å². The summed E-state index contributed by atoms with van der Waals surface area (Å²) in [5.41, 5.74) is 0.751. The lowest BCUT2D eigenvalue weighted by Crippen LogP contribution is -2.29. The van der Waals surface area contributed by atoms with Crippen molar-refractivity contribution < 1.29 is 29.2 Å². The molecule has 0 aliphatic heterocycles. The molecule has 2 aromatic rings. The predicted octanol–water partition coefficient (Wildman–Crippen LogP) is 2.31. The minimum absolute atomic E-state index is 0.0722. The lowest BCUT2D eigenvalue weighted by atomic mass is 9.88. The van der Waals surface area contributed by atoms with Crippen LogP contribution in [0, 0.1) is 6.92 Å². The lowest BCUT2D eigenvalue weighted by molar-refractivity contribution is -0.140. The smallest absolute Gasteiger partial charge is 0.306 e. The number of methoxy groups -OCH3 is 3. The summed E-state index contributed by atoms with van der Waals surface area (Å²) in [6, 6.07) is 6.09. The van der Waals surface area contributed by atoms with E-state index in [2.05, 4.69) is 0 Å². The van der Waals surface area contributed by atoms with E-state index in [0.717, 1.165) is 0 Å². The molecular formula is C21H27NO7. The number of nitrogens with zero attached hydrogens (tertiary/aromatic N) is 1. The van der Waals surface area contributed by atoms with Crippen LogP contribution in [-0.4, -0.2) is 48.7 Å². The Morgan fingerprint density at radius 2 is 1.86 bits per heavy atom. The van der Waals surface area contributed by atoms with E-state index >= 15 is 0 Å². The van der Waals surface area contributed by atoms with E-state index in [1.807, 2.05) is 0 Å². The highest BCUT2D eigenvalue weighted by Crippen LogP contribution is 2.36. The monoisotopic (exact) mass is 405 g/mol. The number of aromatic hydroxyl groups is 2. The molecule has 0 fully saturated rings. The van der Waals surface area contributed by atoms with E-state index in [1.54, 1.807) is 24.7 Å². The van der Waals surface area contributed by atoms with Gasteiger partial charge in [0, 0.05) is 31.9 Å². The molecule has 0 aliphatic carbocycles. The molecule has 8 nitrogen and oxygen atoms in total. The maximum atomic E-state index is 13.2. The van der Waals surface area contributed by atoms with Gasteiger partial charge in [0.2, 0.25) is 0 Å². The van der Waals surface area contributed by atoms with Crippen molar-refractivity contribution in [1.29, 1.82) is 0 Å². The Morgan fingerprint density at radius 3 is 2.45 bits per heavy atom. The van der Waals surface area contributed by atoms with Crippen LogP contribution in [-0.2, 0) is 20.8 Å². The maximum Gasteiger partial charge on any atom is 0.306 e. The molecule has 1 atom stereocenters. The van der Waals surface area contributed by atoms with Crippen LogP contribution in [0.5, 0.6) is 17.2 Å². The van der Waals surface area contributed by atoms with Crippen molar-refractivity contribution >= 4 is 5.97 Å². The fourth-order valence-electron chi connectivity index (χ4n) is 3.30. The molecule has 29 heavy (non-hydrogen) atoms. The zero-order valence-electron chi connectivity index (χ0n) is 17.1. The molecule has 0 bridgehead atoms. The summed E-state index contributed by atoms with van der Waals surface area (Å²) in [6.07, 6.45) is 0.443. The Kier molecular flexibility index (Phi) is 7.67. The van der Waals surface area contributed by atoms with Gasteiger partial charge in [0.15, 0.2) is 11.5 Å². The van der Waals surface area contributed by atoms with E-state index in [9.17, 15) is 19.8 Å². The average Bonchev–Trinajstić information content (AvgIpc) is 2.69. The first-order valence-corrected chi connectivity index (χ1v) is 9.20. The highest BCUT2D eigenvalue weighted by atomic mass is 16.5. The van der Waals surface area contributed by atoms with Crippen LogP contribution in [0.4, 0.5) is 0 Å². The Morgan fingerprint density at radius 1 is 1.14 bits per heavy atom. The second kappa shape index (κ2) is 9.97. The zero-order valence-corrected chi connectivity index (χ0v) is 17.1. The highest BCUT2D eigenvalue weighted by molar-refractivity contribution is 5.71. The lowest BCUT2D eigenvalue weighted by Gasteiger charge is -2.21. The van der Waals surface area contributed by atoms with Crippen LogP contribution in [0.2, 0.25) is 0 Å². The van der Waals surface area contributed by atoms with E-state index in [4.69, 9.17) is 14.2 Å². The quantitative estimate of drug-likeness (QED) is 0.487. The first-order valence-electron chi connectivity index (χ1n) is 9.20. The van der Waals surface area contributed by atoms with Gasteiger partial charge in [-0.3, -0.25) is 9.59 Å². The first-order chi connectivity index (χ1) is 13.8. The summed E-state index contributed by atoms with van der Waals surface area (Å²) in [5.74, 6) is -1.43. The molecule has 1 aromatic carbocycles. The molecular weight excluding hydrogens is 378 g/mol. The molecule has 0 saturated heterocycles. The average molecular weight is 405 g/mol. The summed E-state index contributed by atoms with van der Waals surface area (Å²) in [7, 11) is 4.26. The second-order valence-corrected chi connectivity index (χ2v) is 6.65. The van der Waals surface area contributed by atoms with Crippen LogP contribution in [0.1, 0.15) is 35.6 Å². The molecule has 1 unspecified atom stereocenters. The maximum absolute atomic E-state index is 13.2. The molecule has 0 amide bonds. The van der Waals surface area contributed by atoms with Crippen LogP contribution in [0.3, 0.4) is 0 Å². The van der Waals surface area contributed by atoms with Crippen molar-refractivity contribution in [3.05, 3.63) is 51.4 Å². The first kappa shape index (κ1) is 22.3. The van der Waals surface area contributed by atoms with Crippen molar-refractivity contribution in [3.63, 3.8) is 0 Å². The third-order valence-electron chi connectivity index (χ3n) is 4.81. The topological polar surface area (TPSA) is 107 Å². The zero-order chi connectivity index (χ0) is 21.6. The number of phenols is 1. The Labute approximate surface area is 169 Å². The number of ether oxygens (including phenoxy) is 3. The molecule has 8 heteroatoms. The van der Waals surface area contributed by atoms with Crippen LogP contribution >= 0.6 is 0 Å². The van der Waals surface area contributed by atoms with Crippen molar-refractivity contribution in [2.75, 3.05) is 27.9 Å². The van der Waals surface area contributed by atoms with Gasteiger partial charge in [-0.1, -0.05) is 6.07 Å². The van der Waals surface area contributed by atoms with Gasteiger partial charge in [-0.2, -0.15) is 0 Å². The number of aromatic nitrogens is 1. The van der Waals surface area contributed by atoms with Gasteiger partial charge in [0.25, 0.3) is 5.56 Å². The number of benzene rings is 1. The number of phenolic OH excluding ortho intramolecular Hbond substituents is 1. The van der Waals surface area contributed by atoms with Gasteiger partial charge < -0.3 is 29.0 Å². The van der Waals surface area contributed by atoms with Gasteiger partial charge in [-0.05, 0) is 37.1 Å². The van der Waals surface area contributed by atoms with Crippen molar-refractivity contribution in [2.24, 2.45) is 0 Å². The largest absolute Gasteiger partial charge is 0.507 e. The molecule has 0 saturated carbocycles. The number of esters is 1. The van der Waals surface area contributed by atoms with Gasteiger partial charge in [-0.15, -0.1) is 0 Å². The fourth-order valence-corrected chi connectivity index (χ4v) is 3.30. The van der Waals surface area contributed by atoms with Gasteiger partial charge in [0.05, 0.1) is 26.2 Å². The van der Waals surface area contributed by atoms with Crippen LogP contribution < -0.4 is 10.3 Å². The number of rotatable bonds is 9. The van der Waals surface area contributed by atoms with Gasteiger partial charge >= 0.3 is 5.97 Å². The number of carbonyl (C=O) groups excluding carboxylic acids is 1. The standard InChI is InChI=1S/C21H27NO7/c1-13-10-17(24)20(21(26)22(13)8-5-9-27-2)15(12-19(25)29-4)14-6-7-18(28-3)16(23)11-14/h6-7,10-11,15,23-24H,5,8-9,12H2,1-4H3. The number of hydrogen-bond donors (Lipinski definition) is 2. The Hall–Kier alpha value is -3.00. The summed E-state index contributed by atoms with van der Waals surface area (Å²) >= 11 is 0. The molecule has 158 valence electrons. The number of hydrogen-bond acceptors (Lipinski definition) is 7. The van der Waals surface area contributed by atoms with E-state index < -0.39 is 17.4 Å². The molecule has 0 radical (unpaired) electrons. The second-order valence-electron chi connectivity index (χ2n) is 6.65. The molecule has 1 heterocycles. The normalized spacial score (nSPS) is 11.9. The van der Waals surface area contributed by atoms with Crippen molar-refractivity contribution in [2.45, 2.75) is 32.2 Å². The molecule has 1 aromatic heterocycles. The minimum atomic E-state index is -0.805. The summed E-state index contributed by atoms with van der Waals surface area (Å²) in [4.78, 5) is 25.3.